The van der Waals surface area contributed by atoms with E-state index in [4.69, 9.17) is 4.74 Å². The first-order chi connectivity index (χ1) is 9.74. The van der Waals surface area contributed by atoms with E-state index in [-0.39, 0.29) is 18.4 Å². The van der Waals surface area contributed by atoms with E-state index in [1.54, 1.807) is 18.7 Å². The van der Waals surface area contributed by atoms with E-state index >= 15 is 0 Å². The molecule has 0 saturated carbocycles. The standard InChI is InChI=1S/C14H24N2O4S/c1-6-20-13(19)11(9(2)3)15-12(18)10-7-21-14(4,5)16(10)8-17/h8-11H,6-7H2,1-5H3,(H,15,18)/t10-,11+/m1/s1. The molecule has 7 heteroatoms. The average Bonchev–Trinajstić information content (AvgIpc) is 2.70. The Morgan fingerprint density at radius 2 is 2.10 bits per heavy atom. The normalized spacial score (nSPS) is 22.0. The zero-order valence-electron chi connectivity index (χ0n) is 13.2. The van der Waals surface area contributed by atoms with Crippen molar-refractivity contribution in [2.24, 2.45) is 5.92 Å². The Hall–Kier alpha value is -1.24. The van der Waals surface area contributed by atoms with Crippen molar-refractivity contribution in [3.8, 4) is 0 Å². The van der Waals surface area contributed by atoms with Crippen molar-refractivity contribution in [3.63, 3.8) is 0 Å². The second-order valence-corrected chi connectivity index (χ2v) is 7.39. The van der Waals surface area contributed by atoms with Gasteiger partial charge >= 0.3 is 5.97 Å². The van der Waals surface area contributed by atoms with Crippen molar-refractivity contribution >= 4 is 30.0 Å². The Bertz CT molecular complexity index is 412. The molecule has 120 valence electrons. The molecule has 0 aromatic carbocycles. The van der Waals surface area contributed by atoms with Gasteiger partial charge in [-0.25, -0.2) is 4.79 Å². The van der Waals surface area contributed by atoms with Gasteiger partial charge in [-0.1, -0.05) is 13.8 Å². The van der Waals surface area contributed by atoms with E-state index in [9.17, 15) is 14.4 Å². The molecule has 21 heavy (non-hydrogen) atoms. The van der Waals surface area contributed by atoms with Crippen molar-refractivity contribution in [1.29, 1.82) is 0 Å². The smallest absolute Gasteiger partial charge is 0.328 e. The summed E-state index contributed by atoms with van der Waals surface area (Å²) in [5.41, 5.74) is 0. The van der Waals surface area contributed by atoms with E-state index in [1.165, 1.54) is 4.90 Å². The summed E-state index contributed by atoms with van der Waals surface area (Å²) in [7, 11) is 0. The molecular weight excluding hydrogens is 292 g/mol. The highest BCUT2D eigenvalue weighted by Crippen LogP contribution is 2.37. The Morgan fingerprint density at radius 3 is 2.57 bits per heavy atom. The van der Waals surface area contributed by atoms with Crippen LogP contribution in [0.5, 0.6) is 0 Å². The Balaban J connectivity index is 2.79. The Labute approximate surface area is 130 Å². The number of nitrogens with zero attached hydrogens (tertiary/aromatic N) is 1. The summed E-state index contributed by atoms with van der Waals surface area (Å²) < 4.78 is 4.98. The van der Waals surface area contributed by atoms with Crippen LogP contribution in [0.1, 0.15) is 34.6 Å². The summed E-state index contributed by atoms with van der Waals surface area (Å²) in [6, 6.07) is -1.25. The molecular formula is C14H24N2O4S. The number of ether oxygens (including phenoxy) is 1. The second-order valence-electron chi connectivity index (χ2n) is 5.77. The molecule has 1 N–H and O–H groups in total. The molecule has 2 atom stereocenters. The van der Waals surface area contributed by atoms with Crippen molar-refractivity contribution in [2.75, 3.05) is 12.4 Å². The van der Waals surface area contributed by atoms with Gasteiger partial charge in [-0.15, -0.1) is 11.8 Å². The predicted octanol–water partition coefficient (Wildman–Crippen LogP) is 1.00. The van der Waals surface area contributed by atoms with Crippen LogP contribution < -0.4 is 5.32 Å². The van der Waals surface area contributed by atoms with E-state index in [0.717, 1.165) is 0 Å². The quantitative estimate of drug-likeness (QED) is 0.584. The van der Waals surface area contributed by atoms with Crippen LogP contribution in [0.2, 0.25) is 0 Å². The van der Waals surface area contributed by atoms with Gasteiger partial charge in [0, 0.05) is 5.75 Å². The first-order valence-electron chi connectivity index (χ1n) is 7.09. The fourth-order valence-electron chi connectivity index (χ4n) is 2.19. The van der Waals surface area contributed by atoms with Gasteiger partial charge in [0.1, 0.15) is 12.1 Å². The third kappa shape index (κ3) is 4.12. The molecule has 0 aromatic heterocycles. The van der Waals surface area contributed by atoms with Crippen LogP contribution in [0.15, 0.2) is 0 Å². The Kier molecular flexibility index (Phi) is 6.07. The molecule has 1 heterocycles. The van der Waals surface area contributed by atoms with E-state index in [1.807, 2.05) is 27.7 Å². The summed E-state index contributed by atoms with van der Waals surface area (Å²) in [6.45, 7) is 9.46. The van der Waals surface area contributed by atoms with Crippen LogP contribution >= 0.6 is 11.8 Å². The topological polar surface area (TPSA) is 75.7 Å². The number of thioether (sulfide) groups is 1. The fraction of sp³-hybridized carbons (Fsp3) is 0.786. The first kappa shape index (κ1) is 17.8. The number of carbonyl (C=O) groups is 3. The largest absolute Gasteiger partial charge is 0.464 e. The van der Waals surface area contributed by atoms with Crippen molar-refractivity contribution in [1.82, 2.24) is 10.2 Å². The Morgan fingerprint density at radius 1 is 1.48 bits per heavy atom. The second kappa shape index (κ2) is 7.15. The van der Waals surface area contributed by atoms with E-state index in [2.05, 4.69) is 5.32 Å². The molecule has 0 spiro atoms. The first-order valence-corrected chi connectivity index (χ1v) is 8.07. The number of amides is 2. The molecule has 1 aliphatic heterocycles. The maximum absolute atomic E-state index is 12.4. The van der Waals surface area contributed by atoms with Crippen LogP contribution in [0.3, 0.4) is 0 Å². The average molecular weight is 316 g/mol. The van der Waals surface area contributed by atoms with Crippen LogP contribution in [0.25, 0.3) is 0 Å². The third-order valence-corrected chi connectivity index (χ3v) is 4.87. The minimum absolute atomic E-state index is 0.0836. The zero-order chi connectivity index (χ0) is 16.2. The lowest BCUT2D eigenvalue weighted by Gasteiger charge is -2.31. The van der Waals surface area contributed by atoms with Gasteiger partial charge in [0.15, 0.2) is 0 Å². The molecule has 0 unspecified atom stereocenters. The summed E-state index contributed by atoms with van der Waals surface area (Å²) in [6.07, 6.45) is 0.693. The van der Waals surface area contributed by atoms with Gasteiger partial charge in [0.25, 0.3) is 0 Å². The van der Waals surface area contributed by atoms with E-state index in [0.29, 0.717) is 12.2 Å². The molecule has 1 aliphatic rings. The molecule has 0 radical (unpaired) electrons. The summed E-state index contributed by atoms with van der Waals surface area (Å²) in [5, 5.41) is 2.72. The van der Waals surface area contributed by atoms with Gasteiger partial charge in [0.2, 0.25) is 12.3 Å². The number of hydrogen-bond acceptors (Lipinski definition) is 5. The molecule has 0 aromatic rings. The molecule has 0 aliphatic carbocycles. The molecule has 2 amide bonds. The maximum Gasteiger partial charge on any atom is 0.328 e. The SMILES string of the molecule is CCOC(=O)[C@@H](NC(=O)[C@H]1CSC(C)(C)N1C=O)C(C)C. The van der Waals surface area contributed by atoms with Crippen molar-refractivity contribution in [3.05, 3.63) is 0 Å². The van der Waals surface area contributed by atoms with Crippen LogP contribution in [0.4, 0.5) is 0 Å². The van der Waals surface area contributed by atoms with Gasteiger partial charge in [0.05, 0.1) is 11.5 Å². The lowest BCUT2D eigenvalue weighted by Crippen LogP contribution is -2.54. The maximum atomic E-state index is 12.4. The van der Waals surface area contributed by atoms with Crippen molar-refractivity contribution < 1.29 is 19.1 Å². The molecule has 6 nitrogen and oxygen atoms in total. The highest BCUT2D eigenvalue weighted by atomic mass is 32.2. The number of rotatable bonds is 6. The minimum atomic E-state index is -0.695. The lowest BCUT2D eigenvalue weighted by molar-refractivity contribution is -0.149. The van der Waals surface area contributed by atoms with Crippen molar-refractivity contribution in [2.45, 2.75) is 51.6 Å². The minimum Gasteiger partial charge on any atom is -0.464 e. The van der Waals surface area contributed by atoms with Crippen LogP contribution in [-0.4, -0.2) is 52.5 Å². The van der Waals surface area contributed by atoms with Gasteiger partial charge in [-0.3, -0.25) is 9.59 Å². The number of nitrogens with one attached hydrogen (secondary N) is 1. The fourth-order valence-corrected chi connectivity index (χ4v) is 3.39. The highest BCUT2D eigenvalue weighted by molar-refractivity contribution is 8.00. The molecule has 1 saturated heterocycles. The number of hydrogen-bond donors (Lipinski definition) is 1. The lowest BCUT2D eigenvalue weighted by atomic mass is 10.0. The summed E-state index contributed by atoms with van der Waals surface area (Å²) >= 11 is 1.54. The predicted molar refractivity (Wildman–Crippen MR) is 81.6 cm³/mol. The van der Waals surface area contributed by atoms with E-state index < -0.39 is 22.9 Å². The highest BCUT2D eigenvalue weighted by Gasteiger charge is 2.43. The summed E-state index contributed by atoms with van der Waals surface area (Å²) in [5.74, 6) is -0.319. The summed E-state index contributed by atoms with van der Waals surface area (Å²) in [4.78, 5) is 36.6. The van der Waals surface area contributed by atoms with Gasteiger partial charge in [-0.2, -0.15) is 0 Å². The zero-order valence-corrected chi connectivity index (χ0v) is 14.0. The molecule has 0 bridgehead atoms. The van der Waals surface area contributed by atoms with Gasteiger partial charge < -0.3 is 15.0 Å². The monoisotopic (exact) mass is 316 g/mol. The van der Waals surface area contributed by atoms with Crippen LogP contribution in [-0.2, 0) is 19.1 Å². The third-order valence-electron chi connectivity index (χ3n) is 3.47. The molecule has 1 fully saturated rings. The van der Waals surface area contributed by atoms with Crippen LogP contribution in [0, 0.1) is 5.92 Å². The molecule has 1 rings (SSSR count). The number of carbonyl (C=O) groups excluding carboxylic acids is 3. The number of esters is 1. The van der Waals surface area contributed by atoms with Gasteiger partial charge in [-0.05, 0) is 26.7 Å².